The standard InChI is InChI=1S/C15H14Cl3N3O3/c1-3-23-13-7-12(18)19-15(20-13)21-14(22)8(2)24-11-5-4-9(16)6-10(11)17/h4-8H,3H2,1-2H3,(H,19,20,21,22). The van der Waals surface area contributed by atoms with E-state index < -0.39 is 12.0 Å². The monoisotopic (exact) mass is 389 g/mol. The predicted molar refractivity (Wildman–Crippen MR) is 93.4 cm³/mol. The molecule has 1 heterocycles. The molecule has 24 heavy (non-hydrogen) atoms. The number of halogens is 3. The lowest BCUT2D eigenvalue weighted by atomic mass is 10.3. The zero-order valence-corrected chi connectivity index (χ0v) is 15.1. The third-order valence-corrected chi connectivity index (χ3v) is 3.49. The molecule has 128 valence electrons. The predicted octanol–water partition coefficient (Wildman–Crippen LogP) is 4.24. The summed E-state index contributed by atoms with van der Waals surface area (Å²) in [6, 6.07) is 6.17. The molecule has 1 amide bonds. The van der Waals surface area contributed by atoms with Crippen molar-refractivity contribution in [1.29, 1.82) is 0 Å². The Kier molecular flexibility index (Phi) is 6.48. The molecule has 1 atom stereocenters. The molecule has 2 rings (SSSR count). The molecule has 0 radical (unpaired) electrons. The van der Waals surface area contributed by atoms with Crippen LogP contribution in [0, 0.1) is 0 Å². The highest BCUT2D eigenvalue weighted by Crippen LogP contribution is 2.28. The maximum atomic E-state index is 12.2. The molecule has 1 aromatic carbocycles. The van der Waals surface area contributed by atoms with Gasteiger partial charge in [0.2, 0.25) is 11.8 Å². The van der Waals surface area contributed by atoms with E-state index in [9.17, 15) is 4.79 Å². The minimum Gasteiger partial charge on any atom is -0.479 e. The van der Waals surface area contributed by atoms with Gasteiger partial charge in [-0.2, -0.15) is 4.98 Å². The molecule has 0 bridgehead atoms. The Bertz CT molecular complexity index is 743. The Morgan fingerprint density at radius 1 is 1.25 bits per heavy atom. The molecule has 1 unspecified atom stereocenters. The van der Waals surface area contributed by atoms with E-state index >= 15 is 0 Å². The van der Waals surface area contributed by atoms with Gasteiger partial charge in [0.15, 0.2) is 6.10 Å². The van der Waals surface area contributed by atoms with Gasteiger partial charge in [-0.3, -0.25) is 10.1 Å². The first-order valence-corrected chi connectivity index (χ1v) is 8.12. The molecular weight excluding hydrogens is 377 g/mol. The number of benzene rings is 1. The summed E-state index contributed by atoms with van der Waals surface area (Å²) in [5, 5.41) is 3.44. The minimum atomic E-state index is -0.846. The van der Waals surface area contributed by atoms with Gasteiger partial charge in [0.1, 0.15) is 10.9 Å². The molecule has 0 aliphatic heterocycles. The number of hydrogen-bond acceptors (Lipinski definition) is 5. The highest BCUT2D eigenvalue weighted by atomic mass is 35.5. The van der Waals surface area contributed by atoms with E-state index in [1.54, 1.807) is 26.0 Å². The summed E-state index contributed by atoms with van der Waals surface area (Å²) in [7, 11) is 0. The van der Waals surface area contributed by atoms with Crippen LogP contribution in [0.15, 0.2) is 24.3 Å². The molecule has 0 saturated carbocycles. The molecular formula is C15H14Cl3N3O3. The first-order chi connectivity index (χ1) is 11.4. The lowest BCUT2D eigenvalue weighted by Crippen LogP contribution is -2.31. The molecule has 1 N–H and O–H groups in total. The Labute approximate surface area is 154 Å². The van der Waals surface area contributed by atoms with Crippen LogP contribution in [0.5, 0.6) is 11.6 Å². The van der Waals surface area contributed by atoms with Gasteiger partial charge < -0.3 is 9.47 Å². The van der Waals surface area contributed by atoms with Crippen molar-refractivity contribution in [1.82, 2.24) is 9.97 Å². The molecule has 1 aromatic heterocycles. The number of hydrogen-bond donors (Lipinski definition) is 1. The van der Waals surface area contributed by atoms with E-state index in [1.165, 1.54) is 12.1 Å². The van der Waals surface area contributed by atoms with Gasteiger partial charge in [0, 0.05) is 11.1 Å². The van der Waals surface area contributed by atoms with Gasteiger partial charge in [-0.25, -0.2) is 4.98 Å². The first kappa shape index (κ1) is 18.6. The second-order valence-corrected chi connectivity index (χ2v) is 5.84. The number of ether oxygens (including phenoxy) is 2. The van der Waals surface area contributed by atoms with Crippen LogP contribution >= 0.6 is 34.8 Å². The maximum absolute atomic E-state index is 12.2. The van der Waals surface area contributed by atoms with Crippen molar-refractivity contribution in [2.75, 3.05) is 11.9 Å². The average molecular weight is 391 g/mol. The molecule has 6 nitrogen and oxygen atoms in total. The summed E-state index contributed by atoms with van der Waals surface area (Å²) in [6.45, 7) is 3.78. The fourth-order valence-electron chi connectivity index (χ4n) is 1.70. The van der Waals surface area contributed by atoms with Crippen molar-refractivity contribution < 1.29 is 14.3 Å². The lowest BCUT2D eigenvalue weighted by Gasteiger charge is -2.15. The smallest absolute Gasteiger partial charge is 0.267 e. The topological polar surface area (TPSA) is 73.3 Å². The van der Waals surface area contributed by atoms with Gasteiger partial charge >= 0.3 is 0 Å². The summed E-state index contributed by atoms with van der Waals surface area (Å²) in [6.07, 6.45) is -0.846. The fraction of sp³-hybridized carbons (Fsp3) is 0.267. The summed E-state index contributed by atoms with van der Waals surface area (Å²) in [5.41, 5.74) is 0. The third kappa shape index (κ3) is 5.12. The molecule has 2 aromatic rings. The number of carbonyl (C=O) groups excluding carboxylic acids is 1. The molecule has 0 fully saturated rings. The summed E-state index contributed by atoms with van der Waals surface area (Å²) >= 11 is 17.7. The van der Waals surface area contributed by atoms with E-state index in [0.29, 0.717) is 22.4 Å². The first-order valence-electron chi connectivity index (χ1n) is 6.99. The van der Waals surface area contributed by atoms with Crippen LogP contribution in [0.1, 0.15) is 13.8 Å². The van der Waals surface area contributed by atoms with Gasteiger partial charge in [-0.15, -0.1) is 0 Å². The van der Waals surface area contributed by atoms with Crippen LogP contribution < -0.4 is 14.8 Å². The Balaban J connectivity index is 2.06. The van der Waals surface area contributed by atoms with Crippen LogP contribution in [0.3, 0.4) is 0 Å². The minimum absolute atomic E-state index is 0.0219. The van der Waals surface area contributed by atoms with Crippen LogP contribution in [0.4, 0.5) is 5.95 Å². The van der Waals surface area contributed by atoms with Crippen LogP contribution in [-0.2, 0) is 4.79 Å². The maximum Gasteiger partial charge on any atom is 0.267 e. The molecule has 9 heteroatoms. The van der Waals surface area contributed by atoms with Crippen molar-refractivity contribution in [2.24, 2.45) is 0 Å². The normalized spacial score (nSPS) is 11.7. The van der Waals surface area contributed by atoms with Gasteiger partial charge in [0.05, 0.1) is 11.6 Å². The molecule has 0 aliphatic rings. The van der Waals surface area contributed by atoms with E-state index in [-0.39, 0.29) is 17.0 Å². The van der Waals surface area contributed by atoms with Crippen molar-refractivity contribution in [2.45, 2.75) is 20.0 Å². The fourth-order valence-corrected chi connectivity index (χ4v) is 2.33. The average Bonchev–Trinajstić information content (AvgIpc) is 2.49. The second kappa shape index (κ2) is 8.37. The Morgan fingerprint density at radius 2 is 2.00 bits per heavy atom. The van der Waals surface area contributed by atoms with Crippen LogP contribution in [0.25, 0.3) is 0 Å². The van der Waals surface area contributed by atoms with Crippen LogP contribution in [-0.4, -0.2) is 28.6 Å². The Morgan fingerprint density at radius 3 is 2.67 bits per heavy atom. The number of amides is 1. The quantitative estimate of drug-likeness (QED) is 0.747. The Hall–Kier alpha value is -1.76. The largest absolute Gasteiger partial charge is 0.479 e. The van der Waals surface area contributed by atoms with Gasteiger partial charge in [-0.05, 0) is 32.0 Å². The van der Waals surface area contributed by atoms with Crippen molar-refractivity contribution in [3.05, 3.63) is 39.5 Å². The highest BCUT2D eigenvalue weighted by Gasteiger charge is 2.18. The zero-order chi connectivity index (χ0) is 17.7. The SMILES string of the molecule is CCOc1cc(Cl)nc(NC(=O)C(C)Oc2ccc(Cl)cc2Cl)n1. The second-order valence-electron chi connectivity index (χ2n) is 4.61. The zero-order valence-electron chi connectivity index (χ0n) is 12.8. The van der Waals surface area contributed by atoms with Crippen molar-refractivity contribution in [3.63, 3.8) is 0 Å². The molecule has 0 saturated heterocycles. The lowest BCUT2D eigenvalue weighted by molar-refractivity contribution is -0.122. The number of carbonyl (C=O) groups is 1. The number of nitrogens with zero attached hydrogens (tertiary/aromatic N) is 2. The van der Waals surface area contributed by atoms with Crippen molar-refractivity contribution >= 4 is 46.7 Å². The number of nitrogens with one attached hydrogen (secondary N) is 1. The number of anilines is 1. The summed E-state index contributed by atoms with van der Waals surface area (Å²) in [5.74, 6) is 0.159. The van der Waals surface area contributed by atoms with Crippen LogP contribution in [0.2, 0.25) is 15.2 Å². The van der Waals surface area contributed by atoms with Gasteiger partial charge in [-0.1, -0.05) is 34.8 Å². The molecule has 0 aliphatic carbocycles. The van der Waals surface area contributed by atoms with E-state index in [1.807, 2.05) is 0 Å². The summed E-state index contributed by atoms with van der Waals surface area (Å²) < 4.78 is 10.8. The number of rotatable bonds is 6. The van der Waals surface area contributed by atoms with E-state index in [0.717, 1.165) is 0 Å². The van der Waals surface area contributed by atoms with Crippen molar-refractivity contribution in [3.8, 4) is 11.6 Å². The van der Waals surface area contributed by atoms with E-state index in [2.05, 4.69) is 15.3 Å². The van der Waals surface area contributed by atoms with Gasteiger partial charge in [0.25, 0.3) is 5.91 Å². The summed E-state index contributed by atoms with van der Waals surface area (Å²) in [4.78, 5) is 20.2. The third-order valence-electron chi connectivity index (χ3n) is 2.77. The highest BCUT2D eigenvalue weighted by molar-refractivity contribution is 6.35. The molecule has 0 spiro atoms. The van der Waals surface area contributed by atoms with E-state index in [4.69, 9.17) is 44.3 Å². The number of aromatic nitrogens is 2.